The van der Waals surface area contributed by atoms with Crippen molar-refractivity contribution in [3.63, 3.8) is 0 Å². The Morgan fingerprint density at radius 1 is 1.35 bits per heavy atom. The third-order valence-electron chi connectivity index (χ3n) is 3.41. The SMILES string of the molecule is COC(=O)[C@H](C)NC(=O)[C@H]1C[C@H]1c1ccc(Cl)c(Cl)c1. The molecule has 0 radical (unpaired) electrons. The molecule has 0 heterocycles. The summed E-state index contributed by atoms with van der Waals surface area (Å²) in [6, 6.07) is 4.74. The summed E-state index contributed by atoms with van der Waals surface area (Å²) in [4.78, 5) is 23.2. The van der Waals surface area contributed by atoms with E-state index in [0.29, 0.717) is 10.0 Å². The number of hydrogen-bond acceptors (Lipinski definition) is 3. The second kappa shape index (κ2) is 6.02. The fourth-order valence-electron chi connectivity index (χ4n) is 2.15. The smallest absolute Gasteiger partial charge is 0.328 e. The van der Waals surface area contributed by atoms with E-state index < -0.39 is 12.0 Å². The summed E-state index contributed by atoms with van der Waals surface area (Å²) in [6.07, 6.45) is 0.748. The molecule has 0 bridgehead atoms. The number of nitrogens with one attached hydrogen (secondary N) is 1. The lowest BCUT2D eigenvalue weighted by molar-refractivity contribution is -0.144. The molecule has 108 valence electrons. The Labute approximate surface area is 127 Å². The summed E-state index contributed by atoms with van der Waals surface area (Å²) < 4.78 is 4.57. The molecule has 0 unspecified atom stereocenters. The van der Waals surface area contributed by atoms with Crippen molar-refractivity contribution < 1.29 is 14.3 Å². The highest BCUT2D eigenvalue weighted by Crippen LogP contribution is 2.48. The number of amides is 1. The molecule has 2 rings (SSSR count). The largest absolute Gasteiger partial charge is 0.467 e. The van der Waals surface area contributed by atoms with E-state index in [2.05, 4.69) is 10.1 Å². The van der Waals surface area contributed by atoms with Crippen LogP contribution in [0.3, 0.4) is 0 Å². The zero-order valence-electron chi connectivity index (χ0n) is 11.2. The van der Waals surface area contributed by atoms with Gasteiger partial charge in [0.15, 0.2) is 0 Å². The normalized spacial score (nSPS) is 22.0. The van der Waals surface area contributed by atoms with E-state index in [1.807, 2.05) is 6.07 Å². The fourth-order valence-corrected chi connectivity index (χ4v) is 2.46. The highest BCUT2D eigenvalue weighted by molar-refractivity contribution is 6.42. The zero-order chi connectivity index (χ0) is 14.9. The van der Waals surface area contributed by atoms with Crippen molar-refractivity contribution in [2.24, 2.45) is 5.92 Å². The van der Waals surface area contributed by atoms with Gasteiger partial charge in [-0.1, -0.05) is 29.3 Å². The molecule has 4 nitrogen and oxygen atoms in total. The first-order chi connectivity index (χ1) is 9.43. The predicted molar refractivity (Wildman–Crippen MR) is 76.9 cm³/mol. The van der Waals surface area contributed by atoms with Crippen LogP contribution in [-0.4, -0.2) is 25.0 Å². The molecule has 20 heavy (non-hydrogen) atoms. The Balaban J connectivity index is 1.95. The minimum atomic E-state index is -0.637. The van der Waals surface area contributed by atoms with Gasteiger partial charge in [-0.3, -0.25) is 4.79 Å². The van der Waals surface area contributed by atoms with E-state index in [4.69, 9.17) is 23.2 Å². The number of rotatable bonds is 4. The van der Waals surface area contributed by atoms with Crippen molar-refractivity contribution in [1.29, 1.82) is 0 Å². The van der Waals surface area contributed by atoms with Crippen LogP contribution in [0.25, 0.3) is 0 Å². The number of benzene rings is 1. The monoisotopic (exact) mass is 315 g/mol. The first-order valence-electron chi connectivity index (χ1n) is 6.27. The van der Waals surface area contributed by atoms with E-state index in [9.17, 15) is 9.59 Å². The molecule has 1 saturated carbocycles. The molecule has 1 fully saturated rings. The second-order valence-electron chi connectivity index (χ2n) is 4.88. The average Bonchev–Trinajstić information content (AvgIpc) is 3.21. The molecular weight excluding hydrogens is 301 g/mol. The summed E-state index contributed by atoms with van der Waals surface area (Å²) >= 11 is 11.8. The molecule has 6 heteroatoms. The number of hydrogen-bond donors (Lipinski definition) is 1. The maximum atomic E-state index is 12.0. The quantitative estimate of drug-likeness (QED) is 0.869. The van der Waals surface area contributed by atoms with Crippen LogP contribution in [0, 0.1) is 5.92 Å². The molecule has 1 aliphatic rings. The Morgan fingerprint density at radius 3 is 2.65 bits per heavy atom. The van der Waals surface area contributed by atoms with Crippen LogP contribution in [0.2, 0.25) is 10.0 Å². The van der Waals surface area contributed by atoms with Gasteiger partial charge in [0.2, 0.25) is 5.91 Å². The van der Waals surface area contributed by atoms with Crippen molar-refractivity contribution in [3.05, 3.63) is 33.8 Å². The van der Waals surface area contributed by atoms with Gasteiger partial charge in [-0.15, -0.1) is 0 Å². The van der Waals surface area contributed by atoms with E-state index >= 15 is 0 Å². The highest BCUT2D eigenvalue weighted by atomic mass is 35.5. The number of esters is 1. The zero-order valence-corrected chi connectivity index (χ0v) is 12.7. The third kappa shape index (κ3) is 3.25. The van der Waals surface area contributed by atoms with Gasteiger partial charge in [-0.25, -0.2) is 4.79 Å². The van der Waals surface area contributed by atoms with E-state index in [1.54, 1.807) is 19.1 Å². The topological polar surface area (TPSA) is 55.4 Å². The first kappa shape index (κ1) is 15.1. The Morgan fingerprint density at radius 2 is 2.05 bits per heavy atom. The van der Waals surface area contributed by atoms with Crippen molar-refractivity contribution >= 4 is 35.1 Å². The molecule has 1 aromatic rings. The molecule has 1 N–H and O–H groups in total. The van der Waals surface area contributed by atoms with Gasteiger partial charge in [0.25, 0.3) is 0 Å². The van der Waals surface area contributed by atoms with Crippen LogP contribution in [0.4, 0.5) is 0 Å². The van der Waals surface area contributed by atoms with Crippen molar-refractivity contribution in [1.82, 2.24) is 5.32 Å². The number of carbonyl (C=O) groups excluding carboxylic acids is 2. The van der Waals surface area contributed by atoms with Gasteiger partial charge in [0.05, 0.1) is 17.2 Å². The Kier molecular flexibility index (Phi) is 4.55. The van der Waals surface area contributed by atoms with Gasteiger partial charge in [0.1, 0.15) is 6.04 Å². The third-order valence-corrected chi connectivity index (χ3v) is 4.15. The van der Waals surface area contributed by atoms with Gasteiger partial charge in [-0.2, -0.15) is 0 Å². The fraction of sp³-hybridized carbons (Fsp3) is 0.429. The van der Waals surface area contributed by atoms with Crippen LogP contribution in [-0.2, 0) is 14.3 Å². The summed E-state index contributed by atoms with van der Waals surface area (Å²) in [7, 11) is 1.29. The summed E-state index contributed by atoms with van der Waals surface area (Å²) in [5.41, 5.74) is 0.991. The number of methoxy groups -OCH3 is 1. The van der Waals surface area contributed by atoms with Crippen molar-refractivity contribution in [2.75, 3.05) is 7.11 Å². The van der Waals surface area contributed by atoms with Gasteiger partial charge in [0, 0.05) is 5.92 Å². The molecule has 1 amide bonds. The standard InChI is InChI=1S/C14H15Cl2NO3/c1-7(14(19)20-2)17-13(18)10-6-9(10)8-3-4-11(15)12(16)5-8/h3-5,7,9-10H,6H2,1-2H3,(H,17,18)/t7-,9-,10-/m0/s1. The number of ether oxygens (including phenoxy) is 1. The molecule has 0 aromatic heterocycles. The highest BCUT2D eigenvalue weighted by Gasteiger charge is 2.44. The molecule has 1 aliphatic carbocycles. The van der Waals surface area contributed by atoms with E-state index in [1.165, 1.54) is 7.11 Å². The van der Waals surface area contributed by atoms with E-state index in [0.717, 1.165) is 12.0 Å². The molecular formula is C14H15Cl2NO3. The molecule has 0 spiro atoms. The lowest BCUT2D eigenvalue weighted by atomic mass is 10.1. The lowest BCUT2D eigenvalue weighted by Crippen LogP contribution is -2.40. The minimum Gasteiger partial charge on any atom is -0.467 e. The average molecular weight is 316 g/mol. The van der Waals surface area contributed by atoms with Gasteiger partial charge >= 0.3 is 5.97 Å². The van der Waals surface area contributed by atoms with Crippen LogP contribution in [0.15, 0.2) is 18.2 Å². The van der Waals surface area contributed by atoms with Gasteiger partial charge < -0.3 is 10.1 Å². The van der Waals surface area contributed by atoms with Crippen LogP contribution in [0.5, 0.6) is 0 Å². The van der Waals surface area contributed by atoms with Crippen molar-refractivity contribution in [3.8, 4) is 0 Å². The predicted octanol–water partition coefficient (Wildman–Crippen LogP) is 2.77. The first-order valence-corrected chi connectivity index (χ1v) is 7.02. The molecule has 0 saturated heterocycles. The van der Waals surface area contributed by atoms with Gasteiger partial charge in [-0.05, 0) is 37.0 Å². The number of halogens is 2. The second-order valence-corrected chi connectivity index (χ2v) is 5.69. The minimum absolute atomic E-state index is 0.126. The molecule has 3 atom stereocenters. The van der Waals surface area contributed by atoms with E-state index in [-0.39, 0.29) is 17.7 Å². The summed E-state index contributed by atoms with van der Waals surface area (Å²) in [5.74, 6) is -0.585. The molecule has 0 aliphatic heterocycles. The maximum Gasteiger partial charge on any atom is 0.328 e. The lowest BCUT2D eigenvalue weighted by Gasteiger charge is -2.11. The Bertz CT molecular complexity index is 547. The van der Waals surface area contributed by atoms with Crippen LogP contribution >= 0.6 is 23.2 Å². The Hall–Kier alpha value is -1.26. The van der Waals surface area contributed by atoms with Crippen LogP contribution < -0.4 is 5.32 Å². The summed E-state index contributed by atoms with van der Waals surface area (Å²) in [5, 5.41) is 3.63. The van der Waals surface area contributed by atoms with Crippen LogP contribution in [0.1, 0.15) is 24.8 Å². The maximum absolute atomic E-state index is 12.0. The number of carbonyl (C=O) groups is 2. The van der Waals surface area contributed by atoms with Crippen molar-refractivity contribution in [2.45, 2.75) is 25.3 Å². The summed E-state index contributed by atoms with van der Waals surface area (Å²) in [6.45, 7) is 1.60. The molecule has 1 aromatic carbocycles.